The van der Waals surface area contributed by atoms with E-state index in [0.717, 1.165) is 11.3 Å². The first-order valence-corrected chi connectivity index (χ1v) is 4.79. The summed E-state index contributed by atoms with van der Waals surface area (Å²) in [6.45, 7) is 0. The van der Waals surface area contributed by atoms with Gasteiger partial charge in [0.05, 0.1) is 17.8 Å². The zero-order valence-corrected chi connectivity index (χ0v) is 8.90. The molecule has 0 unspecified atom stereocenters. The lowest BCUT2D eigenvalue weighted by Gasteiger charge is -2.07. The Morgan fingerprint density at radius 1 is 1.27 bits per heavy atom. The van der Waals surface area contributed by atoms with Crippen LogP contribution in [0.2, 0.25) is 5.02 Å². The van der Waals surface area contributed by atoms with Gasteiger partial charge in [-0.3, -0.25) is 0 Å². The van der Waals surface area contributed by atoms with Crippen LogP contribution in [-0.4, -0.2) is 17.1 Å². The number of benzene rings is 1. The van der Waals surface area contributed by atoms with Gasteiger partial charge in [0, 0.05) is 11.8 Å². The molecule has 0 saturated heterocycles. The number of para-hydroxylation sites is 1. The number of nitrogens with zero attached hydrogens (tertiary/aromatic N) is 2. The quantitative estimate of drug-likeness (QED) is 0.781. The van der Waals surface area contributed by atoms with Gasteiger partial charge in [0.1, 0.15) is 12.1 Å². The highest BCUT2D eigenvalue weighted by Crippen LogP contribution is 2.31. The van der Waals surface area contributed by atoms with Crippen LogP contribution in [0, 0.1) is 0 Å². The molecule has 2 rings (SSSR count). The molecular formula is C11H9ClN2O. The summed E-state index contributed by atoms with van der Waals surface area (Å²) in [4.78, 5) is 7.98. The Kier molecular flexibility index (Phi) is 2.83. The Balaban J connectivity index is 2.59. The van der Waals surface area contributed by atoms with E-state index in [9.17, 15) is 0 Å². The smallest absolute Gasteiger partial charge is 0.128 e. The van der Waals surface area contributed by atoms with E-state index in [2.05, 4.69) is 9.97 Å². The van der Waals surface area contributed by atoms with Gasteiger partial charge in [-0.25, -0.2) is 9.97 Å². The highest BCUT2D eigenvalue weighted by molar-refractivity contribution is 6.32. The molecule has 3 nitrogen and oxygen atoms in total. The van der Waals surface area contributed by atoms with Crippen molar-refractivity contribution in [1.29, 1.82) is 0 Å². The summed E-state index contributed by atoms with van der Waals surface area (Å²) in [5, 5.41) is 0.516. The topological polar surface area (TPSA) is 35.0 Å². The average molecular weight is 221 g/mol. The molecule has 0 saturated carbocycles. The van der Waals surface area contributed by atoms with Gasteiger partial charge >= 0.3 is 0 Å². The summed E-state index contributed by atoms with van der Waals surface area (Å²) in [7, 11) is 1.62. The summed E-state index contributed by atoms with van der Waals surface area (Å²) in [6.07, 6.45) is 3.03. The van der Waals surface area contributed by atoms with Crippen molar-refractivity contribution in [2.75, 3.05) is 7.11 Å². The molecule has 0 aliphatic heterocycles. The molecule has 15 heavy (non-hydrogen) atoms. The van der Waals surface area contributed by atoms with E-state index in [4.69, 9.17) is 16.3 Å². The SMILES string of the molecule is COc1ccccc1-c1ncncc1Cl. The minimum Gasteiger partial charge on any atom is -0.496 e. The molecule has 0 bridgehead atoms. The second-order valence-corrected chi connectivity index (χ2v) is 3.33. The van der Waals surface area contributed by atoms with Crippen LogP contribution in [0.15, 0.2) is 36.8 Å². The Morgan fingerprint density at radius 3 is 2.80 bits per heavy atom. The molecule has 2 aromatic rings. The van der Waals surface area contributed by atoms with Crippen LogP contribution in [0.4, 0.5) is 0 Å². The summed E-state index contributed by atoms with van der Waals surface area (Å²) >= 11 is 6.01. The third kappa shape index (κ3) is 1.92. The van der Waals surface area contributed by atoms with Crippen LogP contribution < -0.4 is 4.74 Å². The zero-order valence-electron chi connectivity index (χ0n) is 8.14. The van der Waals surface area contributed by atoms with Crippen LogP contribution in [-0.2, 0) is 0 Å². The molecule has 0 aliphatic rings. The molecule has 0 fully saturated rings. The van der Waals surface area contributed by atoms with E-state index in [1.165, 1.54) is 6.33 Å². The largest absolute Gasteiger partial charge is 0.496 e. The van der Waals surface area contributed by atoms with Crippen molar-refractivity contribution in [1.82, 2.24) is 9.97 Å². The Hall–Kier alpha value is -1.61. The van der Waals surface area contributed by atoms with Crippen molar-refractivity contribution in [3.63, 3.8) is 0 Å². The average Bonchev–Trinajstić information content (AvgIpc) is 2.30. The van der Waals surface area contributed by atoms with Crippen LogP contribution in [0.5, 0.6) is 5.75 Å². The van der Waals surface area contributed by atoms with Gasteiger partial charge < -0.3 is 4.74 Å². The van der Waals surface area contributed by atoms with Crippen molar-refractivity contribution in [3.8, 4) is 17.0 Å². The molecule has 4 heteroatoms. The van der Waals surface area contributed by atoms with Gasteiger partial charge in [-0.1, -0.05) is 23.7 Å². The number of halogens is 1. The molecule has 0 aliphatic carbocycles. The van der Waals surface area contributed by atoms with Crippen molar-refractivity contribution < 1.29 is 4.74 Å². The molecule has 1 aromatic carbocycles. The highest BCUT2D eigenvalue weighted by Gasteiger charge is 2.09. The van der Waals surface area contributed by atoms with E-state index in [1.54, 1.807) is 13.3 Å². The van der Waals surface area contributed by atoms with Gasteiger partial charge in [-0.15, -0.1) is 0 Å². The predicted molar refractivity (Wildman–Crippen MR) is 59.0 cm³/mol. The fraction of sp³-hybridized carbons (Fsp3) is 0.0909. The zero-order chi connectivity index (χ0) is 10.7. The number of methoxy groups -OCH3 is 1. The van der Waals surface area contributed by atoms with Crippen LogP contribution in [0.1, 0.15) is 0 Å². The third-order valence-corrected chi connectivity index (χ3v) is 2.31. The first-order valence-electron chi connectivity index (χ1n) is 4.42. The van der Waals surface area contributed by atoms with Gasteiger partial charge in [0.2, 0.25) is 0 Å². The number of hydrogen-bond donors (Lipinski definition) is 0. The van der Waals surface area contributed by atoms with Crippen molar-refractivity contribution >= 4 is 11.6 Å². The third-order valence-electron chi connectivity index (χ3n) is 2.03. The van der Waals surface area contributed by atoms with Crippen LogP contribution >= 0.6 is 11.6 Å². The van der Waals surface area contributed by atoms with Crippen LogP contribution in [0.25, 0.3) is 11.3 Å². The number of aromatic nitrogens is 2. The lowest BCUT2D eigenvalue weighted by molar-refractivity contribution is 0.416. The molecule has 1 aromatic heterocycles. The molecule has 0 radical (unpaired) electrons. The van der Waals surface area contributed by atoms with E-state index in [0.29, 0.717) is 10.7 Å². The Bertz CT molecular complexity index is 474. The molecular weight excluding hydrogens is 212 g/mol. The first kappa shape index (κ1) is 9.93. The first-order chi connectivity index (χ1) is 7.33. The van der Waals surface area contributed by atoms with Crippen molar-refractivity contribution in [2.45, 2.75) is 0 Å². The maximum atomic E-state index is 6.01. The molecule has 0 N–H and O–H groups in total. The van der Waals surface area contributed by atoms with E-state index < -0.39 is 0 Å². The monoisotopic (exact) mass is 220 g/mol. The minimum atomic E-state index is 0.516. The molecule has 0 amide bonds. The molecule has 1 heterocycles. The summed E-state index contributed by atoms with van der Waals surface area (Å²) in [5.41, 5.74) is 1.55. The standard InChI is InChI=1S/C11H9ClN2O/c1-15-10-5-3-2-4-8(10)11-9(12)6-13-7-14-11/h2-7H,1H3. The lowest BCUT2D eigenvalue weighted by Crippen LogP contribution is -1.91. The van der Waals surface area contributed by atoms with Gasteiger partial charge in [-0.2, -0.15) is 0 Å². The normalized spacial score (nSPS) is 10.0. The number of rotatable bonds is 2. The predicted octanol–water partition coefficient (Wildman–Crippen LogP) is 2.81. The van der Waals surface area contributed by atoms with Gasteiger partial charge in [0.25, 0.3) is 0 Å². The highest BCUT2D eigenvalue weighted by atomic mass is 35.5. The second kappa shape index (κ2) is 4.28. The summed E-state index contributed by atoms with van der Waals surface area (Å²) in [5.74, 6) is 0.748. The fourth-order valence-corrected chi connectivity index (χ4v) is 1.56. The van der Waals surface area contributed by atoms with E-state index in [-0.39, 0.29) is 0 Å². The fourth-order valence-electron chi connectivity index (χ4n) is 1.35. The number of hydrogen-bond acceptors (Lipinski definition) is 3. The van der Waals surface area contributed by atoms with Crippen molar-refractivity contribution in [3.05, 3.63) is 41.8 Å². The van der Waals surface area contributed by atoms with Gasteiger partial charge in [-0.05, 0) is 12.1 Å². The van der Waals surface area contributed by atoms with E-state index >= 15 is 0 Å². The summed E-state index contributed by atoms with van der Waals surface area (Å²) < 4.78 is 5.24. The minimum absolute atomic E-state index is 0.516. The van der Waals surface area contributed by atoms with Crippen LogP contribution in [0.3, 0.4) is 0 Å². The van der Waals surface area contributed by atoms with E-state index in [1.807, 2.05) is 24.3 Å². The molecule has 0 spiro atoms. The maximum Gasteiger partial charge on any atom is 0.128 e. The van der Waals surface area contributed by atoms with Crippen molar-refractivity contribution in [2.24, 2.45) is 0 Å². The number of ether oxygens (including phenoxy) is 1. The maximum absolute atomic E-state index is 6.01. The van der Waals surface area contributed by atoms with Gasteiger partial charge in [0.15, 0.2) is 0 Å². The molecule has 76 valence electrons. The lowest BCUT2D eigenvalue weighted by atomic mass is 10.1. The Labute approximate surface area is 92.7 Å². The molecule has 0 atom stereocenters. The Morgan fingerprint density at radius 2 is 2.07 bits per heavy atom. The second-order valence-electron chi connectivity index (χ2n) is 2.92. The summed E-state index contributed by atoms with van der Waals surface area (Å²) in [6, 6.07) is 7.59.